The summed E-state index contributed by atoms with van der Waals surface area (Å²) in [4.78, 5) is 21.6. The van der Waals surface area contributed by atoms with Crippen molar-refractivity contribution in [3.05, 3.63) is 34.4 Å². The molecule has 172 valence electrons. The van der Waals surface area contributed by atoms with E-state index in [4.69, 9.17) is 32.7 Å². The Balaban J connectivity index is 1.49. The Morgan fingerprint density at radius 3 is 2.81 bits per heavy atom. The fourth-order valence-electron chi connectivity index (χ4n) is 3.72. The molecule has 0 aromatic carbocycles. The second kappa shape index (κ2) is 11.2. The minimum atomic E-state index is -0.294. The summed E-state index contributed by atoms with van der Waals surface area (Å²) in [7, 11) is 0. The van der Waals surface area contributed by atoms with Gasteiger partial charge in [0.15, 0.2) is 0 Å². The molecule has 3 N–H and O–H groups in total. The maximum Gasteiger partial charge on any atom is 0.232 e. The van der Waals surface area contributed by atoms with E-state index in [1.807, 2.05) is 6.07 Å². The van der Waals surface area contributed by atoms with E-state index in [2.05, 4.69) is 25.9 Å². The van der Waals surface area contributed by atoms with Crippen molar-refractivity contribution in [3.63, 3.8) is 0 Å². The summed E-state index contributed by atoms with van der Waals surface area (Å²) in [6, 6.07) is 5.34. The number of rotatable bonds is 6. The number of anilines is 2. The third-order valence-electron chi connectivity index (χ3n) is 5.62. The summed E-state index contributed by atoms with van der Waals surface area (Å²) >= 11 is 12.9. The van der Waals surface area contributed by atoms with Crippen molar-refractivity contribution in [2.45, 2.75) is 12.8 Å². The summed E-state index contributed by atoms with van der Waals surface area (Å²) in [6.07, 6.45) is 3.57. The van der Waals surface area contributed by atoms with Gasteiger partial charge in [-0.1, -0.05) is 23.2 Å². The normalized spacial score (nSPS) is 19.9. The number of nitrogens with one attached hydrogen (secondary N) is 3. The number of hydrogen-bond donors (Lipinski definition) is 3. The number of carbonyl (C=O) groups is 1. The van der Waals surface area contributed by atoms with Crippen molar-refractivity contribution in [2.75, 3.05) is 56.7 Å². The van der Waals surface area contributed by atoms with Crippen LogP contribution >= 0.6 is 23.2 Å². The lowest BCUT2D eigenvalue weighted by Crippen LogP contribution is -2.33. The SMILES string of the molecule is O=C(Nc1cc(-c2nc(NCC3CCOCC3)ccc2Cl)c(Cl)cn1)[C@H]1CNCCOC1. The molecule has 1 atom stereocenters. The molecule has 4 heterocycles. The molecule has 4 rings (SSSR count). The molecule has 0 saturated carbocycles. The van der Waals surface area contributed by atoms with Crippen LogP contribution in [0.3, 0.4) is 0 Å². The molecular weight excluding hydrogens is 453 g/mol. The lowest BCUT2D eigenvalue weighted by atomic mass is 10.0. The predicted octanol–water partition coefficient (Wildman–Crippen LogP) is 3.46. The minimum absolute atomic E-state index is 0.161. The van der Waals surface area contributed by atoms with Crippen LogP contribution < -0.4 is 16.0 Å². The van der Waals surface area contributed by atoms with E-state index in [1.165, 1.54) is 6.20 Å². The first kappa shape index (κ1) is 23.2. The fraction of sp³-hybridized carbons (Fsp3) is 0.500. The van der Waals surface area contributed by atoms with Crippen molar-refractivity contribution in [1.29, 1.82) is 0 Å². The van der Waals surface area contributed by atoms with Crippen LogP contribution in [0, 0.1) is 11.8 Å². The highest BCUT2D eigenvalue weighted by Gasteiger charge is 2.22. The van der Waals surface area contributed by atoms with E-state index in [0.29, 0.717) is 52.8 Å². The van der Waals surface area contributed by atoms with Gasteiger partial charge in [-0.3, -0.25) is 4.79 Å². The van der Waals surface area contributed by atoms with Gasteiger partial charge < -0.3 is 25.4 Å². The van der Waals surface area contributed by atoms with Gasteiger partial charge in [-0.15, -0.1) is 0 Å². The maximum absolute atomic E-state index is 12.6. The summed E-state index contributed by atoms with van der Waals surface area (Å²) in [5.41, 5.74) is 1.14. The Kier molecular flexibility index (Phi) is 8.15. The lowest BCUT2D eigenvalue weighted by molar-refractivity contribution is -0.121. The van der Waals surface area contributed by atoms with Gasteiger partial charge in [-0.2, -0.15) is 0 Å². The van der Waals surface area contributed by atoms with E-state index in [1.54, 1.807) is 12.1 Å². The Hall–Kier alpha value is -1.97. The molecule has 0 radical (unpaired) electrons. The van der Waals surface area contributed by atoms with E-state index < -0.39 is 0 Å². The van der Waals surface area contributed by atoms with Gasteiger partial charge >= 0.3 is 0 Å². The predicted molar refractivity (Wildman–Crippen MR) is 125 cm³/mol. The first-order valence-corrected chi connectivity index (χ1v) is 11.6. The molecule has 2 aliphatic heterocycles. The number of carbonyl (C=O) groups excluding carboxylic acids is 1. The maximum atomic E-state index is 12.6. The lowest BCUT2D eigenvalue weighted by Gasteiger charge is -2.22. The molecule has 2 saturated heterocycles. The first-order chi connectivity index (χ1) is 15.6. The highest BCUT2D eigenvalue weighted by atomic mass is 35.5. The van der Waals surface area contributed by atoms with Crippen LogP contribution in [0.1, 0.15) is 12.8 Å². The monoisotopic (exact) mass is 479 g/mol. The summed E-state index contributed by atoms with van der Waals surface area (Å²) < 4.78 is 10.9. The third kappa shape index (κ3) is 6.08. The second-order valence-electron chi connectivity index (χ2n) is 7.98. The topological polar surface area (TPSA) is 97.4 Å². The van der Waals surface area contributed by atoms with Crippen molar-refractivity contribution in [1.82, 2.24) is 15.3 Å². The molecule has 8 nitrogen and oxygen atoms in total. The molecule has 0 aliphatic carbocycles. The zero-order valence-corrected chi connectivity index (χ0v) is 19.2. The number of aromatic nitrogens is 2. The van der Waals surface area contributed by atoms with Crippen LogP contribution in [0.4, 0.5) is 11.6 Å². The van der Waals surface area contributed by atoms with Gasteiger partial charge in [0.2, 0.25) is 5.91 Å². The average Bonchev–Trinajstić information content (AvgIpc) is 3.10. The number of halogens is 2. The molecule has 2 fully saturated rings. The van der Waals surface area contributed by atoms with Crippen LogP contribution in [0.2, 0.25) is 10.0 Å². The Morgan fingerprint density at radius 2 is 1.97 bits per heavy atom. The first-order valence-electron chi connectivity index (χ1n) is 10.8. The number of ether oxygens (including phenoxy) is 2. The van der Waals surface area contributed by atoms with E-state index in [-0.39, 0.29) is 11.8 Å². The Labute approximate surface area is 197 Å². The smallest absolute Gasteiger partial charge is 0.232 e. The number of amides is 1. The van der Waals surface area contributed by atoms with Crippen LogP contribution in [-0.2, 0) is 14.3 Å². The zero-order valence-electron chi connectivity index (χ0n) is 17.7. The molecule has 2 aromatic rings. The second-order valence-corrected chi connectivity index (χ2v) is 8.79. The van der Waals surface area contributed by atoms with Crippen molar-refractivity contribution in [2.24, 2.45) is 11.8 Å². The number of pyridine rings is 2. The fourth-order valence-corrected chi connectivity index (χ4v) is 4.12. The van der Waals surface area contributed by atoms with Gasteiger partial charge in [0, 0.05) is 44.6 Å². The highest BCUT2D eigenvalue weighted by Crippen LogP contribution is 2.34. The molecular formula is C22H27Cl2N5O3. The van der Waals surface area contributed by atoms with Gasteiger partial charge in [0.05, 0.1) is 34.9 Å². The summed E-state index contributed by atoms with van der Waals surface area (Å²) in [6.45, 7) is 4.67. The van der Waals surface area contributed by atoms with Gasteiger partial charge in [0.25, 0.3) is 0 Å². The van der Waals surface area contributed by atoms with Crippen LogP contribution in [0.15, 0.2) is 24.4 Å². The largest absolute Gasteiger partial charge is 0.381 e. The van der Waals surface area contributed by atoms with Crippen molar-refractivity contribution < 1.29 is 14.3 Å². The highest BCUT2D eigenvalue weighted by molar-refractivity contribution is 6.36. The standard InChI is InChI=1S/C22H27Cl2N5O3/c23-17-1-2-19(26-10-14-3-6-31-7-4-14)28-21(17)16-9-20(27-12-18(16)24)29-22(30)15-11-25-5-8-32-13-15/h1-2,9,12,14-15,25H,3-8,10-11,13H2,(H,26,28)(H,27,29,30)/t15-/m0/s1. The van der Waals surface area contributed by atoms with E-state index in [9.17, 15) is 4.79 Å². The molecule has 2 aliphatic rings. The molecule has 0 spiro atoms. The van der Waals surface area contributed by atoms with E-state index >= 15 is 0 Å². The molecule has 32 heavy (non-hydrogen) atoms. The molecule has 1 amide bonds. The minimum Gasteiger partial charge on any atom is -0.381 e. The molecule has 0 unspecified atom stereocenters. The average molecular weight is 480 g/mol. The molecule has 2 aromatic heterocycles. The van der Waals surface area contributed by atoms with Crippen LogP contribution in [0.25, 0.3) is 11.3 Å². The van der Waals surface area contributed by atoms with Gasteiger partial charge in [-0.05, 0) is 37.0 Å². The Bertz CT molecular complexity index is 932. The quantitative estimate of drug-likeness (QED) is 0.583. The van der Waals surface area contributed by atoms with E-state index in [0.717, 1.165) is 45.0 Å². The van der Waals surface area contributed by atoms with Crippen LogP contribution in [0.5, 0.6) is 0 Å². The number of nitrogens with zero attached hydrogens (tertiary/aromatic N) is 2. The van der Waals surface area contributed by atoms with Gasteiger partial charge in [-0.25, -0.2) is 9.97 Å². The summed E-state index contributed by atoms with van der Waals surface area (Å²) in [5, 5.41) is 10.3. The Morgan fingerprint density at radius 1 is 1.12 bits per heavy atom. The summed E-state index contributed by atoms with van der Waals surface area (Å²) in [5.74, 6) is 1.20. The van der Waals surface area contributed by atoms with Gasteiger partial charge in [0.1, 0.15) is 11.6 Å². The molecule has 10 heteroatoms. The van der Waals surface area contributed by atoms with Crippen LogP contribution in [-0.4, -0.2) is 61.9 Å². The number of hydrogen-bond acceptors (Lipinski definition) is 7. The van der Waals surface area contributed by atoms with Crippen molar-refractivity contribution >= 4 is 40.7 Å². The molecule has 0 bridgehead atoms. The zero-order chi connectivity index (χ0) is 22.3. The third-order valence-corrected chi connectivity index (χ3v) is 6.23. The van der Waals surface area contributed by atoms with Crippen molar-refractivity contribution in [3.8, 4) is 11.3 Å².